The van der Waals surface area contributed by atoms with Gasteiger partial charge in [-0.2, -0.15) is 28.1 Å². The summed E-state index contributed by atoms with van der Waals surface area (Å²) in [5.74, 6) is 0.604. The lowest BCUT2D eigenvalue weighted by Crippen LogP contribution is -2.36. The predicted molar refractivity (Wildman–Crippen MR) is 150 cm³/mol. The zero-order valence-corrected chi connectivity index (χ0v) is 23.7. The lowest BCUT2D eigenvalue weighted by Gasteiger charge is -2.22. The second-order valence-electron chi connectivity index (χ2n) is 9.63. The minimum atomic E-state index is -4.56. The van der Waals surface area contributed by atoms with Crippen LogP contribution in [0.3, 0.4) is 0 Å². The summed E-state index contributed by atoms with van der Waals surface area (Å²) in [6, 6.07) is 13.5. The highest BCUT2D eigenvalue weighted by Gasteiger charge is 2.29. The van der Waals surface area contributed by atoms with Crippen LogP contribution in [0.4, 0.5) is 23.9 Å². The summed E-state index contributed by atoms with van der Waals surface area (Å²) in [7, 11) is 0. The first-order valence-corrected chi connectivity index (χ1v) is 13.9. The van der Waals surface area contributed by atoms with Crippen molar-refractivity contribution in [2.75, 3.05) is 44.8 Å². The number of anilines is 1. The summed E-state index contributed by atoms with van der Waals surface area (Å²) < 4.78 is 54.1. The van der Waals surface area contributed by atoms with Gasteiger partial charge in [-0.25, -0.2) is 4.79 Å². The van der Waals surface area contributed by atoms with Crippen molar-refractivity contribution in [2.45, 2.75) is 38.9 Å². The van der Waals surface area contributed by atoms with Crippen molar-refractivity contribution in [1.82, 2.24) is 25.2 Å². The van der Waals surface area contributed by atoms with Gasteiger partial charge in [0.05, 0.1) is 13.2 Å². The van der Waals surface area contributed by atoms with Gasteiger partial charge in [0.25, 0.3) is 5.91 Å². The summed E-state index contributed by atoms with van der Waals surface area (Å²) in [5.41, 5.74) is 2.00. The third-order valence-electron chi connectivity index (χ3n) is 6.24. The normalized spacial score (nSPS) is 15.1. The number of alkyl halides is 3. The molecule has 11 nitrogen and oxygen atoms in total. The van der Waals surface area contributed by atoms with Gasteiger partial charge in [-0.05, 0) is 55.2 Å². The first-order chi connectivity index (χ1) is 20.7. The number of hydrogen-bond acceptors (Lipinski definition) is 9. The first-order valence-electron chi connectivity index (χ1n) is 13.9. The number of nitrogens with zero attached hydrogens (tertiary/aromatic N) is 4. The molecule has 2 N–H and O–H groups in total. The van der Waals surface area contributed by atoms with Crippen molar-refractivity contribution in [3.05, 3.63) is 71.0 Å². The largest absolute Gasteiger partial charge is 0.494 e. The van der Waals surface area contributed by atoms with Crippen LogP contribution in [0.1, 0.15) is 47.1 Å². The zero-order valence-electron chi connectivity index (χ0n) is 23.7. The molecule has 2 aromatic carbocycles. The molecule has 2 amide bonds. The molecule has 0 radical (unpaired) electrons. The van der Waals surface area contributed by atoms with Gasteiger partial charge in [0, 0.05) is 38.2 Å². The Labute approximate surface area is 246 Å². The third-order valence-corrected chi connectivity index (χ3v) is 6.24. The second kappa shape index (κ2) is 15.0. The van der Waals surface area contributed by atoms with Gasteiger partial charge in [-0.1, -0.05) is 24.3 Å². The van der Waals surface area contributed by atoms with Gasteiger partial charge in [-0.3, -0.25) is 4.79 Å². The molecule has 4 aliphatic heterocycles. The minimum Gasteiger partial charge on any atom is -0.494 e. The SMILES string of the molecule is CCOC(=O)N1CCCNC(=O)c2ccc(cc2)Cc2nc(nc(OCC(F)(F)F)n2)NCc2ccc(cc2)OCCC1. The molecule has 1 aromatic heterocycles. The number of rotatable bonds is 3. The molecule has 5 heterocycles. The summed E-state index contributed by atoms with van der Waals surface area (Å²) in [6.07, 6.45) is -3.71. The average molecular weight is 603 g/mol. The summed E-state index contributed by atoms with van der Waals surface area (Å²) >= 11 is 0. The maximum atomic E-state index is 12.8. The zero-order chi connectivity index (χ0) is 30.7. The Kier molecular flexibility index (Phi) is 10.9. The fraction of sp³-hybridized carbons (Fsp3) is 0.414. The highest BCUT2D eigenvalue weighted by molar-refractivity contribution is 5.94. The Morgan fingerprint density at radius 1 is 0.977 bits per heavy atom. The number of benzene rings is 2. The maximum Gasteiger partial charge on any atom is 0.422 e. The number of carbonyl (C=O) groups is 2. The molecule has 6 bridgehead atoms. The van der Waals surface area contributed by atoms with Crippen molar-refractivity contribution in [3.8, 4) is 11.8 Å². The van der Waals surface area contributed by atoms with E-state index in [2.05, 4.69) is 25.6 Å². The highest BCUT2D eigenvalue weighted by atomic mass is 19.4. The molecule has 0 unspecified atom stereocenters. The van der Waals surface area contributed by atoms with E-state index in [1.54, 1.807) is 48.2 Å². The van der Waals surface area contributed by atoms with E-state index in [4.69, 9.17) is 14.2 Å². The summed E-state index contributed by atoms with van der Waals surface area (Å²) in [6.45, 7) is 2.30. The van der Waals surface area contributed by atoms with Crippen LogP contribution in [-0.4, -0.2) is 77.5 Å². The van der Waals surface area contributed by atoms with Gasteiger partial charge < -0.3 is 29.7 Å². The number of carbonyl (C=O) groups excluding carboxylic acids is 2. The molecule has 0 atom stereocenters. The van der Waals surface area contributed by atoms with E-state index < -0.39 is 24.9 Å². The molecular formula is C29H33F3N6O5. The molecule has 0 spiro atoms. The number of hydrogen-bond donors (Lipinski definition) is 2. The van der Waals surface area contributed by atoms with Crippen LogP contribution in [0.5, 0.6) is 11.8 Å². The molecule has 230 valence electrons. The third kappa shape index (κ3) is 10.3. The van der Waals surface area contributed by atoms with Gasteiger partial charge in [0.2, 0.25) is 5.95 Å². The lowest BCUT2D eigenvalue weighted by molar-refractivity contribution is -0.154. The fourth-order valence-corrected chi connectivity index (χ4v) is 4.14. The Balaban J connectivity index is 1.53. The number of aromatic nitrogens is 3. The number of nitrogens with one attached hydrogen (secondary N) is 2. The molecule has 14 heteroatoms. The smallest absolute Gasteiger partial charge is 0.422 e. The average Bonchev–Trinajstić information content (AvgIpc) is 2.98. The Hall–Kier alpha value is -4.62. The quantitative estimate of drug-likeness (QED) is 0.449. The van der Waals surface area contributed by atoms with Gasteiger partial charge >= 0.3 is 18.3 Å². The van der Waals surface area contributed by atoms with Gasteiger partial charge in [-0.15, -0.1) is 0 Å². The number of halogens is 3. The lowest BCUT2D eigenvalue weighted by atomic mass is 10.1. The first kappa shape index (κ1) is 31.3. The van der Waals surface area contributed by atoms with E-state index in [-0.39, 0.29) is 37.3 Å². The molecule has 0 aliphatic carbocycles. The standard InChI is InChI=1S/C29H33F3N6O5/c1-2-41-28(40)38-14-3-13-33-25(39)22-9-5-20(6-10-22)17-24-35-26(37-27(36-24)43-19-29(30,31)32)34-18-21-7-11-23(12-8-21)42-16-4-15-38/h5-12H,2-4,13-19H2,1H3,(H,33,39)(H,34,35,36,37). The summed E-state index contributed by atoms with van der Waals surface area (Å²) in [5, 5.41) is 5.85. The van der Waals surface area contributed by atoms with Crippen molar-refractivity contribution in [1.29, 1.82) is 0 Å². The molecule has 0 saturated heterocycles. The molecule has 43 heavy (non-hydrogen) atoms. The van der Waals surface area contributed by atoms with Crippen LogP contribution in [0.2, 0.25) is 0 Å². The van der Waals surface area contributed by atoms with Gasteiger partial charge in [0.15, 0.2) is 6.61 Å². The molecule has 0 saturated carbocycles. The van der Waals surface area contributed by atoms with E-state index in [0.29, 0.717) is 50.4 Å². The molecule has 3 aromatic rings. The molecule has 0 fully saturated rings. The maximum absolute atomic E-state index is 12.8. The van der Waals surface area contributed by atoms with Crippen molar-refractivity contribution >= 4 is 17.9 Å². The monoisotopic (exact) mass is 602 g/mol. The van der Waals surface area contributed by atoms with Crippen LogP contribution < -0.4 is 20.1 Å². The minimum absolute atomic E-state index is 0.0547. The van der Waals surface area contributed by atoms with E-state index in [1.807, 2.05) is 12.1 Å². The Bertz CT molecular complexity index is 1360. The summed E-state index contributed by atoms with van der Waals surface area (Å²) in [4.78, 5) is 39.1. The predicted octanol–water partition coefficient (Wildman–Crippen LogP) is 4.38. The topological polar surface area (TPSA) is 128 Å². The number of ether oxygens (including phenoxy) is 3. The second-order valence-corrected chi connectivity index (χ2v) is 9.63. The van der Waals surface area contributed by atoms with E-state index in [1.165, 1.54) is 0 Å². The van der Waals surface area contributed by atoms with E-state index >= 15 is 0 Å². The fourth-order valence-electron chi connectivity index (χ4n) is 4.14. The number of amides is 2. The van der Waals surface area contributed by atoms with E-state index in [9.17, 15) is 22.8 Å². The Morgan fingerprint density at radius 2 is 1.70 bits per heavy atom. The van der Waals surface area contributed by atoms with Crippen LogP contribution in [-0.2, 0) is 17.7 Å². The van der Waals surface area contributed by atoms with Crippen LogP contribution in [0.25, 0.3) is 0 Å². The molecular weight excluding hydrogens is 569 g/mol. The van der Waals surface area contributed by atoms with Crippen LogP contribution in [0, 0.1) is 0 Å². The molecule has 4 aliphatic rings. The van der Waals surface area contributed by atoms with Crippen LogP contribution in [0.15, 0.2) is 48.5 Å². The van der Waals surface area contributed by atoms with Crippen molar-refractivity contribution in [3.63, 3.8) is 0 Å². The van der Waals surface area contributed by atoms with Gasteiger partial charge in [0.1, 0.15) is 11.6 Å². The highest BCUT2D eigenvalue weighted by Crippen LogP contribution is 2.19. The van der Waals surface area contributed by atoms with Crippen molar-refractivity contribution in [2.24, 2.45) is 0 Å². The Morgan fingerprint density at radius 3 is 2.42 bits per heavy atom. The van der Waals surface area contributed by atoms with E-state index in [0.717, 1.165) is 11.1 Å². The van der Waals surface area contributed by atoms with Crippen LogP contribution >= 0.6 is 0 Å². The molecule has 7 rings (SSSR count). The van der Waals surface area contributed by atoms with Crippen molar-refractivity contribution < 1.29 is 37.0 Å².